The van der Waals surface area contributed by atoms with Gasteiger partial charge in [0.2, 0.25) is 0 Å². The maximum Gasteiger partial charge on any atom is 0.256 e. The van der Waals surface area contributed by atoms with Gasteiger partial charge in [0.25, 0.3) is 5.91 Å². The quantitative estimate of drug-likeness (QED) is 0.787. The molecule has 0 saturated heterocycles. The zero-order chi connectivity index (χ0) is 16.6. The predicted molar refractivity (Wildman–Crippen MR) is 94.0 cm³/mol. The van der Waals surface area contributed by atoms with E-state index in [4.69, 9.17) is 0 Å². The van der Waals surface area contributed by atoms with Gasteiger partial charge in [0.15, 0.2) is 0 Å². The second-order valence-electron chi connectivity index (χ2n) is 5.80. The Morgan fingerprint density at radius 3 is 2.65 bits per heavy atom. The Hall–Kier alpha value is -2.62. The molecule has 0 spiro atoms. The predicted octanol–water partition coefficient (Wildman–Crippen LogP) is 4.23. The number of hydrogen-bond donors (Lipinski definition) is 1. The number of hydrogen-bond acceptors (Lipinski definition) is 2. The van der Waals surface area contributed by atoms with Crippen molar-refractivity contribution in [3.05, 3.63) is 58.9 Å². The minimum atomic E-state index is -0.133. The van der Waals surface area contributed by atoms with Gasteiger partial charge >= 0.3 is 0 Å². The van der Waals surface area contributed by atoms with Crippen LogP contribution in [0.3, 0.4) is 0 Å². The van der Waals surface area contributed by atoms with E-state index in [1.54, 1.807) is 6.07 Å². The number of nitrogens with one attached hydrogen (secondary N) is 1. The lowest BCUT2D eigenvalue weighted by molar-refractivity contribution is 0.102. The van der Waals surface area contributed by atoms with Crippen LogP contribution < -0.4 is 5.32 Å². The third-order valence-corrected chi connectivity index (χ3v) is 4.35. The van der Waals surface area contributed by atoms with Gasteiger partial charge in [-0.1, -0.05) is 6.07 Å². The van der Waals surface area contributed by atoms with Crippen LogP contribution in [0.25, 0.3) is 10.9 Å². The van der Waals surface area contributed by atoms with E-state index in [1.807, 2.05) is 37.3 Å². The number of anilines is 1. The molecule has 0 radical (unpaired) electrons. The number of pyridine rings is 1. The minimum absolute atomic E-state index is 0.133. The van der Waals surface area contributed by atoms with Crippen LogP contribution in [0.15, 0.2) is 36.4 Å². The number of nitrogens with zero attached hydrogens (tertiary/aromatic N) is 2. The number of aryl methyl sites for hydroxylation is 3. The summed E-state index contributed by atoms with van der Waals surface area (Å²) in [5, 5.41) is 4.00. The molecule has 2 aromatic heterocycles. The van der Waals surface area contributed by atoms with E-state index in [0.29, 0.717) is 11.4 Å². The topological polar surface area (TPSA) is 46.9 Å². The van der Waals surface area contributed by atoms with Gasteiger partial charge in [-0.05, 0) is 63.6 Å². The van der Waals surface area contributed by atoms with Gasteiger partial charge in [-0.2, -0.15) is 0 Å². The van der Waals surface area contributed by atoms with E-state index < -0.39 is 0 Å². The highest BCUT2D eigenvalue weighted by Crippen LogP contribution is 2.26. The van der Waals surface area contributed by atoms with Crippen molar-refractivity contribution < 1.29 is 4.79 Å². The van der Waals surface area contributed by atoms with Gasteiger partial charge in [-0.3, -0.25) is 4.79 Å². The molecule has 2 heterocycles. The molecule has 1 amide bonds. The summed E-state index contributed by atoms with van der Waals surface area (Å²) >= 11 is 0. The first-order valence-corrected chi connectivity index (χ1v) is 7.85. The SMILES string of the molecule is CCn1c(C)c(C)c2cc(C(=O)Nc3cccc(C)n3)ccc21. The summed E-state index contributed by atoms with van der Waals surface area (Å²) in [7, 11) is 0. The lowest BCUT2D eigenvalue weighted by atomic mass is 10.1. The molecule has 3 aromatic rings. The summed E-state index contributed by atoms with van der Waals surface area (Å²) in [6, 6.07) is 11.5. The summed E-state index contributed by atoms with van der Waals surface area (Å²) in [4.78, 5) is 16.8. The van der Waals surface area contributed by atoms with E-state index in [0.717, 1.165) is 17.6 Å². The Kier molecular flexibility index (Phi) is 3.90. The van der Waals surface area contributed by atoms with Crippen molar-refractivity contribution in [2.24, 2.45) is 0 Å². The molecular formula is C19H21N3O. The standard InChI is InChI=1S/C19H21N3O/c1-5-22-14(4)13(3)16-11-15(9-10-17(16)22)19(23)21-18-8-6-7-12(2)20-18/h6-11H,5H2,1-4H3,(H,20,21,23). The molecule has 23 heavy (non-hydrogen) atoms. The van der Waals surface area contributed by atoms with Crippen LogP contribution >= 0.6 is 0 Å². The first-order chi connectivity index (χ1) is 11.0. The molecule has 0 bridgehead atoms. The number of aromatic nitrogens is 2. The largest absolute Gasteiger partial charge is 0.345 e. The van der Waals surface area contributed by atoms with Gasteiger partial charge in [-0.25, -0.2) is 4.98 Å². The minimum Gasteiger partial charge on any atom is -0.345 e. The van der Waals surface area contributed by atoms with E-state index in [2.05, 4.69) is 35.6 Å². The molecule has 4 nitrogen and oxygen atoms in total. The van der Waals surface area contributed by atoms with Gasteiger partial charge in [0.05, 0.1) is 0 Å². The maximum absolute atomic E-state index is 12.5. The third kappa shape index (κ3) is 2.72. The van der Waals surface area contributed by atoms with Crippen molar-refractivity contribution >= 4 is 22.6 Å². The van der Waals surface area contributed by atoms with E-state index in [-0.39, 0.29) is 5.91 Å². The van der Waals surface area contributed by atoms with Crippen LogP contribution in [0.5, 0.6) is 0 Å². The highest BCUT2D eigenvalue weighted by atomic mass is 16.1. The van der Waals surface area contributed by atoms with Gasteiger partial charge in [0.1, 0.15) is 5.82 Å². The molecule has 118 valence electrons. The maximum atomic E-state index is 12.5. The fourth-order valence-electron chi connectivity index (χ4n) is 3.00. The number of amides is 1. The second kappa shape index (κ2) is 5.88. The van der Waals surface area contributed by atoms with E-state index >= 15 is 0 Å². The fraction of sp³-hybridized carbons (Fsp3) is 0.263. The summed E-state index contributed by atoms with van der Waals surface area (Å²) < 4.78 is 2.27. The number of rotatable bonds is 3. The summed E-state index contributed by atoms with van der Waals surface area (Å²) in [6.07, 6.45) is 0. The molecule has 0 aliphatic carbocycles. The van der Waals surface area contributed by atoms with Crippen LogP contribution in [0.1, 0.15) is 34.2 Å². The van der Waals surface area contributed by atoms with E-state index in [1.165, 1.54) is 16.8 Å². The molecule has 0 atom stereocenters. The van der Waals surface area contributed by atoms with Crippen molar-refractivity contribution in [3.8, 4) is 0 Å². The van der Waals surface area contributed by atoms with Crippen molar-refractivity contribution in [1.82, 2.24) is 9.55 Å². The second-order valence-corrected chi connectivity index (χ2v) is 5.80. The molecule has 0 unspecified atom stereocenters. The van der Waals surface area contributed by atoms with Crippen LogP contribution in [0.4, 0.5) is 5.82 Å². The average molecular weight is 307 g/mol. The first kappa shape index (κ1) is 15.3. The van der Waals surface area contributed by atoms with Crippen molar-refractivity contribution in [2.75, 3.05) is 5.32 Å². The molecule has 0 aliphatic rings. The molecule has 1 N–H and O–H groups in total. The lowest BCUT2D eigenvalue weighted by Crippen LogP contribution is -2.13. The van der Waals surface area contributed by atoms with E-state index in [9.17, 15) is 4.79 Å². The summed E-state index contributed by atoms with van der Waals surface area (Å²) in [5.41, 5.74) is 5.18. The van der Waals surface area contributed by atoms with Gasteiger partial charge < -0.3 is 9.88 Å². The Bertz CT molecular complexity index is 893. The number of benzene rings is 1. The molecule has 3 rings (SSSR count). The zero-order valence-corrected chi connectivity index (χ0v) is 14.0. The number of fused-ring (bicyclic) bond motifs is 1. The van der Waals surface area contributed by atoms with Crippen molar-refractivity contribution in [1.29, 1.82) is 0 Å². The van der Waals surface area contributed by atoms with Crippen molar-refractivity contribution in [2.45, 2.75) is 34.2 Å². The van der Waals surface area contributed by atoms with Crippen LogP contribution in [0.2, 0.25) is 0 Å². The molecule has 0 fully saturated rings. The molecule has 0 aliphatic heterocycles. The Balaban J connectivity index is 1.97. The fourth-order valence-corrected chi connectivity index (χ4v) is 3.00. The highest BCUT2D eigenvalue weighted by molar-refractivity contribution is 6.06. The summed E-state index contributed by atoms with van der Waals surface area (Å²) in [6.45, 7) is 9.19. The molecule has 0 saturated carbocycles. The third-order valence-electron chi connectivity index (χ3n) is 4.35. The average Bonchev–Trinajstić information content (AvgIpc) is 2.78. The molecule has 4 heteroatoms. The van der Waals surface area contributed by atoms with Crippen LogP contribution in [0, 0.1) is 20.8 Å². The normalized spacial score (nSPS) is 11.0. The Labute approximate surface area is 136 Å². The summed E-state index contributed by atoms with van der Waals surface area (Å²) in [5.74, 6) is 0.445. The monoisotopic (exact) mass is 307 g/mol. The van der Waals surface area contributed by atoms with Crippen molar-refractivity contribution in [3.63, 3.8) is 0 Å². The van der Waals surface area contributed by atoms with Crippen LogP contribution in [-0.2, 0) is 6.54 Å². The zero-order valence-electron chi connectivity index (χ0n) is 14.0. The van der Waals surface area contributed by atoms with Gasteiger partial charge in [0, 0.05) is 34.4 Å². The Morgan fingerprint density at radius 1 is 1.17 bits per heavy atom. The molecular weight excluding hydrogens is 286 g/mol. The number of carbonyl (C=O) groups is 1. The highest BCUT2D eigenvalue weighted by Gasteiger charge is 2.13. The van der Waals surface area contributed by atoms with Gasteiger partial charge in [-0.15, -0.1) is 0 Å². The molecule has 1 aromatic carbocycles. The lowest BCUT2D eigenvalue weighted by Gasteiger charge is -2.06. The van der Waals surface area contributed by atoms with Crippen LogP contribution in [-0.4, -0.2) is 15.5 Å². The first-order valence-electron chi connectivity index (χ1n) is 7.85. The number of carbonyl (C=O) groups excluding carboxylic acids is 1. The Morgan fingerprint density at radius 2 is 1.96 bits per heavy atom. The smallest absolute Gasteiger partial charge is 0.256 e.